The van der Waals surface area contributed by atoms with Crippen LogP contribution in [0.3, 0.4) is 0 Å². The number of thiophene rings is 1. The second kappa shape index (κ2) is 13.8. The Kier molecular flexibility index (Phi) is 11.8. The summed E-state index contributed by atoms with van der Waals surface area (Å²) in [6.07, 6.45) is 5.41. The van der Waals surface area contributed by atoms with Crippen LogP contribution in [0.4, 0.5) is 0 Å². The third-order valence-corrected chi connectivity index (χ3v) is 18.2. The molecule has 2 rings (SSSR count). The molecule has 5 nitrogen and oxygen atoms in total. The lowest BCUT2D eigenvalue weighted by Crippen LogP contribution is -2.41. The van der Waals surface area contributed by atoms with Crippen molar-refractivity contribution in [3.8, 4) is 5.75 Å². The largest absolute Gasteiger partial charge is 0.488 e. The number of carboxylic acids is 1. The lowest BCUT2D eigenvalue weighted by atomic mass is 10.1. The van der Waals surface area contributed by atoms with Crippen LogP contribution in [0, 0.1) is 0 Å². The smallest absolute Gasteiger partial charge is 0.328 e. The molecule has 0 radical (unpaired) electrons. The van der Waals surface area contributed by atoms with E-state index in [1.807, 2.05) is 12.1 Å². The van der Waals surface area contributed by atoms with Crippen LogP contribution in [0.5, 0.6) is 5.75 Å². The molecule has 0 spiro atoms. The Morgan fingerprint density at radius 2 is 1.48 bits per heavy atom. The highest BCUT2D eigenvalue weighted by Crippen LogP contribution is 2.39. The van der Waals surface area contributed by atoms with Crippen molar-refractivity contribution in [2.45, 2.75) is 111 Å². The van der Waals surface area contributed by atoms with Gasteiger partial charge in [0.15, 0.2) is 16.6 Å². The molecule has 0 aliphatic heterocycles. The molecule has 1 N–H and O–H groups in total. The van der Waals surface area contributed by atoms with Gasteiger partial charge in [-0.05, 0) is 88.5 Å². The van der Waals surface area contributed by atoms with Crippen molar-refractivity contribution in [2.75, 3.05) is 0 Å². The van der Waals surface area contributed by atoms with E-state index < -0.39 is 22.6 Å². The van der Waals surface area contributed by atoms with E-state index in [0.717, 1.165) is 45.4 Å². The maximum atomic E-state index is 10.8. The van der Waals surface area contributed by atoms with Gasteiger partial charge in [0.1, 0.15) is 12.4 Å². The van der Waals surface area contributed by atoms with E-state index in [2.05, 4.69) is 98.2 Å². The third-order valence-electron chi connectivity index (χ3n) is 8.29. The number of allylic oxidation sites excluding steroid dienone is 3. The molecule has 0 fully saturated rings. The minimum Gasteiger partial charge on any atom is -0.488 e. The average molecular weight is 603 g/mol. The van der Waals surface area contributed by atoms with Gasteiger partial charge in [0.05, 0.1) is 13.2 Å². The second-order valence-corrected chi connectivity index (χ2v) is 24.0. The van der Waals surface area contributed by atoms with Gasteiger partial charge in [0.2, 0.25) is 0 Å². The first-order valence-corrected chi connectivity index (χ1v) is 20.8. The van der Waals surface area contributed by atoms with Gasteiger partial charge in [0, 0.05) is 11.0 Å². The van der Waals surface area contributed by atoms with Crippen LogP contribution in [0.25, 0.3) is 5.57 Å². The fourth-order valence-corrected chi connectivity index (χ4v) is 6.08. The van der Waals surface area contributed by atoms with Crippen LogP contribution in [0.1, 0.15) is 76.5 Å². The van der Waals surface area contributed by atoms with Gasteiger partial charge in [-0.15, -0.1) is 11.3 Å². The Bertz CT molecular complexity index is 1200. The van der Waals surface area contributed by atoms with Gasteiger partial charge < -0.3 is 18.7 Å². The van der Waals surface area contributed by atoms with Gasteiger partial charge in [0.25, 0.3) is 0 Å². The molecule has 0 saturated heterocycles. The summed E-state index contributed by atoms with van der Waals surface area (Å²) in [4.78, 5) is 11.9. The molecular formula is C32H50O5SSi2. The Morgan fingerprint density at radius 3 is 2.00 bits per heavy atom. The highest BCUT2D eigenvalue weighted by atomic mass is 32.1. The molecule has 1 aromatic heterocycles. The molecule has 2 aromatic rings. The van der Waals surface area contributed by atoms with Gasteiger partial charge in [-0.3, -0.25) is 0 Å². The van der Waals surface area contributed by atoms with Crippen molar-refractivity contribution in [3.05, 3.63) is 69.4 Å². The molecule has 0 unspecified atom stereocenters. The van der Waals surface area contributed by atoms with Crippen LogP contribution in [0.15, 0.2) is 47.9 Å². The highest BCUT2D eigenvalue weighted by molar-refractivity contribution is 7.10. The number of hydrogen-bond acceptors (Lipinski definition) is 5. The minimum absolute atomic E-state index is 0.130. The molecule has 222 valence electrons. The third kappa shape index (κ3) is 9.84. The summed E-state index contributed by atoms with van der Waals surface area (Å²) in [6, 6.07) is 8.39. The predicted octanol–water partition coefficient (Wildman–Crippen LogP) is 9.80. The van der Waals surface area contributed by atoms with Crippen molar-refractivity contribution in [1.29, 1.82) is 0 Å². The predicted molar refractivity (Wildman–Crippen MR) is 174 cm³/mol. The maximum absolute atomic E-state index is 10.8. The first-order chi connectivity index (χ1) is 18.4. The van der Waals surface area contributed by atoms with Gasteiger partial charge in [-0.1, -0.05) is 66.7 Å². The quantitative estimate of drug-likeness (QED) is 0.140. The van der Waals surface area contributed by atoms with Crippen LogP contribution < -0.4 is 4.74 Å². The number of benzene rings is 1. The number of ether oxygens (including phenoxy) is 1. The fraction of sp³-hybridized carbons (Fsp3) is 0.531. The van der Waals surface area contributed by atoms with E-state index in [1.165, 1.54) is 0 Å². The average Bonchev–Trinajstić information content (AvgIpc) is 3.30. The highest BCUT2D eigenvalue weighted by Gasteiger charge is 2.38. The van der Waals surface area contributed by atoms with Crippen LogP contribution in [-0.2, 0) is 33.5 Å². The van der Waals surface area contributed by atoms with E-state index in [1.54, 1.807) is 17.4 Å². The number of aliphatic carboxylic acids is 1. The molecule has 0 aliphatic carbocycles. The lowest BCUT2D eigenvalue weighted by molar-refractivity contribution is -0.131. The zero-order valence-electron chi connectivity index (χ0n) is 26.4. The summed E-state index contributed by atoms with van der Waals surface area (Å²) in [5.74, 6) is -0.131. The van der Waals surface area contributed by atoms with E-state index in [-0.39, 0.29) is 10.1 Å². The first kappa shape index (κ1) is 34.2. The van der Waals surface area contributed by atoms with Crippen LogP contribution in [-0.4, -0.2) is 27.7 Å². The summed E-state index contributed by atoms with van der Waals surface area (Å²) < 4.78 is 19.4. The van der Waals surface area contributed by atoms with Crippen molar-refractivity contribution >= 4 is 39.5 Å². The molecule has 40 heavy (non-hydrogen) atoms. The molecule has 8 heteroatoms. The molecule has 0 atom stereocenters. The number of rotatable bonds is 13. The number of carbonyl (C=O) groups is 1. The Morgan fingerprint density at radius 1 is 0.900 bits per heavy atom. The van der Waals surface area contributed by atoms with Crippen molar-refractivity contribution in [1.82, 2.24) is 0 Å². The van der Waals surface area contributed by atoms with Gasteiger partial charge in [-0.25, -0.2) is 4.79 Å². The lowest BCUT2D eigenvalue weighted by Gasteiger charge is -2.37. The zero-order valence-corrected chi connectivity index (χ0v) is 29.3. The monoisotopic (exact) mass is 602 g/mol. The Balaban J connectivity index is 2.23. The maximum Gasteiger partial charge on any atom is 0.328 e. The summed E-state index contributed by atoms with van der Waals surface area (Å²) in [5.41, 5.74) is 4.47. The molecule has 0 aliphatic rings. The van der Waals surface area contributed by atoms with Crippen LogP contribution >= 0.6 is 11.3 Å². The summed E-state index contributed by atoms with van der Waals surface area (Å²) in [5, 5.41) is 11.2. The minimum atomic E-state index is -1.93. The van der Waals surface area contributed by atoms with Crippen molar-refractivity contribution in [3.63, 3.8) is 0 Å². The van der Waals surface area contributed by atoms with Crippen molar-refractivity contribution < 1.29 is 23.5 Å². The molecule has 1 heterocycles. The summed E-state index contributed by atoms with van der Waals surface area (Å²) in [6.45, 7) is 26.4. The second-order valence-electron chi connectivity index (χ2n) is 13.4. The van der Waals surface area contributed by atoms with Gasteiger partial charge in [-0.2, -0.15) is 0 Å². The number of carboxylic acid groups (broad SMARTS) is 1. The normalized spacial score (nSPS) is 13.7. The van der Waals surface area contributed by atoms with Gasteiger partial charge >= 0.3 is 5.97 Å². The summed E-state index contributed by atoms with van der Waals surface area (Å²) in [7, 11) is -3.83. The molecular weight excluding hydrogens is 553 g/mol. The van der Waals surface area contributed by atoms with E-state index in [0.29, 0.717) is 19.8 Å². The van der Waals surface area contributed by atoms with E-state index >= 15 is 0 Å². The Labute approximate surface area is 248 Å². The van der Waals surface area contributed by atoms with Crippen LogP contribution in [0.2, 0.25) is 36.3 Å². The van der Waals surface area contributed by atoms with Crippen molar-refractivity contribution in [2.24, 2.45) is 0 Å². The standard InChI is InChI=1S/C32H50O5SSi2/c1-12-24(14-13-15-30(33)34)27-19-29(38-23-27)22-35-28-17-16-25(20-36-39(8,9)31(2,3)4)26(18-28)21-37-40(10,11)32(5,6)7/h13-19,23H,12,20-22H2,1-11H3,(H,33,34)/b15-13+,24-14+. The topological polar surface area (TPSA) is 65.0 Å². The van der Waals surface area contributed by atoms with E-state index in [4.69, 9.17) is 18.7 Å². The number of hydrogen-bond donors (Lipinski definition) is 1. The molecule has 0 amide bonds. The fourth-order valence-electron chi connectivity index (χ4n) is 3.36. The SMILES string of the molecule is CC/C(=C\C=C\C(=O)O)c1csc(COc2ccc(CO[Si](C)(C)C(C)(C)C)c(CO[Si](C)(C)C(C)(C)C)c2)c1. The Hall–Kier alpha value is -1.98. The first-order valence-electron chi connectivity index (χ1n) is 14.1. The zero-order chi connectivity index (χ0) is 30.4. The molecule has 0 bridgehead atoms. The molecule has 0 saturated carbocycles. The van der Waals surface area contributed by atoms with E-state index in [9.17, 15) is 4.79 Å². The summed E-state index contributed by atoms with van der Waals surface area (Å²) >= 11 is 1.65. The molecule has 1 aromatic carbocycles.